The lowest BCUT2D eigenvalue weighted by atomic mass is 9.96. The van der Waals surface area contributed by atoms with Gasteiger partial charge >= 0.3 is 5.97 Å². The number of carbonyl (C=O) groups is 1. The monoisotopic (exact) mass is 341 g/mol. The normalized spacial score (nSPS) is 16.5. The molecule has 1 aromatic heterocycles. The van der Waals surface area contributed by atoms with E-state index in [0.717, 1.165) is 54.0 Å². The van der Waals surface area contributed by atoms with Gasteiger partial charge in [-0.2, -0.15) is 0 Å². The second-order valence-electron chi connectivity index (χ2n) is 6.29. The van der Waals surface area contributed by atoms with Gasteiger partial charge in [-0.1, -0.05) is 49.8 Å². The molecule has 24 heavy (non-hydrogen) atoms. The lowest BCUT2D eigenvalue weighted by Gasteiger charge is -2.24. The summed E-state index contributed by atoms with van der Waals surface area (Å²) < 4.78 is 7.14. The Morgan fingerprint density at radius 1 is 1.25 bits per heavy atom. The molecule has 1 aromatic carbocycles. The van der Waals surface area contributed by atoms with Gasteiger partial charge in [0.05, 0.1) is 23.6 Å². The third-order valence-electron chi connectivity index (χ3n) is 4.72. The van der Waals surface area contributed by atoms with Crippen molar-refractivity contribution in [1.82, 2.24) is 4.57 Å². The van der Waals surface area contributed by atoms with Crippen LogP contribution in [-0.4, -0.2) is 22.5 Å². The fourth-order valence-electron chi connectivity index (χ4n) is 3.48. The van der Waals surface area contributed by atoms with Gasteiger partial charge in [0.15, 0.2) is 0 Å². The first kappa shape index (κ1) is 16.9. The second-order valence-corrected chi connectivity index (χ2v) is 6.70. The highest BCUT2D eigenvalue weighted by Gasteiger charge is 2.29. The van der Waals surface area contributed by atoms with E-state index < -0.39 is 0 Å². The molecule has 0 spiro atoms. The predicted molar refractivity (Wildman–Crippen MR) is 99.7 cm³/mol. The average molecular weight is 341 g/mol. The molecule has 4 heteroatoms. The van der Waals surface area contributed by atoms with Crippen LogP contribution in [0.15, 0.2) is 36.4 Å². The number of aryl methyl sites for hydroxylation is 1. The first-order valence-corrected chi connectivity index (χ1v) is 8.97. The predicted octanol–water partition coefficient (Wildman–Crippen LogP) is 4.26. The molecule has 0 bridgehead atoms. The Labute approximate surface area is 148 Å². The number of thiocarbonyl (C=S) groups is 1. The van der Waals surface area contributed by atoms with E-state index in [9.17, 15) is 4.79 Å². The number of aromatic nitrogens is 1. The average Bonchev–Trinajstić information content (AvgIpc) is 3.05. The lowest BCUT2D eigenvalue weighted by molar-refractivity contribution is -0.143. The lowest BCUT2D eigenvalue weighted by Crippen LogP contribution is -2.24. The van der Waals surface area contributed by atoms with E-state index in [4.69, 9.17) is 17.0 Å². The van der Waals surface area contributed by atoms with E-state index in [1.807, 2.05) is 12.1 Å². The molecule has 0 saturated carbocycles. The number of benzene rings is 1. The zero-order valence-corrected chi connectivity index (χ0v) is 15.1. The van der Waals surface area contributed by atoms with Crippen molar-refractivity contribution in [1.29, 1.82) is 0 Å². The molecule has 3 rings (SSSR count). The minimum atomic E-state index is -0.174. The van der Waals surface area contributed by atoms with Crippen molar-refractivity contribution in [3.05, 3.63) is 58.9 Å². The number of ether oxygens (including phenoxy) is 1. The Kier molecular flexibility index (Phi) is 5.14. The van der Waals surface area contributed by atoms with E-state index in [0.29, 0.717) is 0 Å². The van der Waals surface area contributed by atoms with Gasteiger partial charge in [-0.15, -0.1) is 0 Å². The van der Waals surface area contributed by atoms with Crippen molar-refractivity contribution in [2.75, 3.05) is 7.11 Å². The number of hydrogen-bond donors (Lipinski definition) is 0. The maximum atomic E-state index is 12.0. The molecular formula is C20H23NO2S. The molecule has 0 saturated heterocycles. The van der Waals surface area contributed by atoms with E-state index in [1.54, 1.807) is 0 Å². The van der Waals surface area contributed by atoms with Crippen molar-refractivity contribution in [2.24, 2.45) is 0 Å². The third-order valence-corrected chi connectivity index (χ3v) is 5.16. The number of hydrogen-bond acceptors (Lipinski definition) is 3. The van der Waals surface area contributed by atoms with Crippen molar-refractivity contribution < 1.29 is 9.53 Å². The first-order valence-electron chi connectivity index (χ1n) is 8.56. The van der Waals surface area contributed by atoms with Crippen LogP contribution in [0.25, 0.3) is 0 Å². The number of carbonyl (C=O) groups excluding carboxylic acids is 1. The number of esters is 1. The molecule has 3 nitrogen and oxygen atoms in total. The molecule has 0 N–H and O–H groups in total. The Bertz CT molecular complexity index is 745. The van der Waals surface area contributed by atoms with Crippen LogP contribution in [0.2, 0.25) is 0 Å². The molecule has 0 radical (unpaired) electrons. The molecule has 1 aliphatic rings. The van der Waals surface area contributed by atoms with Gasteiger partial charge in [0.2, 0.25) is 0 Å². The van der Waals surface area contributed by atoms with Crippen LogP contribution >= 0.6 is 12.2 Å². The standard InChI is InChI=1S/C20H23NO2S/c1-3-5-14-7-9-15(10-8-14)19(24)18-12-11-17-16(20(22)23-2)6-4-13-21(17)18/h7-12,16H,3-6,13H2,1-2H3. The fourth-order valence-corrected chi connectivity index (χ4v) is 3.79. The van der Waals surface area contributed by atoms with Crippen LogP contribution in [0.1, 0.15) is 54.6 Å². The van der Waals surface area contributed by atoms with Gasteiger partial charge in [0.25, 0.3) is 0 Å². The SMILES string of the molecule is CCCc1ccc(C(=S)c2ccc3n2CCCC3C(=O)OC)cc1. The van der Waals surface area contributed by atoms with Crippen molar-refractivity contribution in [2.45, 2.75) is 45.1 Å². The molecule has 0 aliphatic carbocycles. The minimum absolute atomic E-state index is 0.157. The zero-order chi connectivity index (χ0) is 17.1. The molecule has 126 valence electrons. The summed E-state index contributed by atoms with van der Waals surface area (Å²) in [6.45, 7) is 3.09. The number of rotatable bonds is 5. The third kappa shape index (κ3) is 3.16. The Balaban J connectivity index is 1.89. The molecule has 1 unspecified atom stereocenters. The topological polar surface area (TPSA) is 31.2 Å². The second kappa shape index (κ2) is 7.31. The van der Waals surface area contributed by atoms with Gasteiger partial charge in [0.1, 0.15) is 0 Å². The number of fused-ring (bicyclic) bond motifs is 1. The highest BCUT2D eigenvalue weighted by atomic mass is 32.1. The Morgan fingerprint density at radius 3 is 2.67 bits per heavy atom. The molecular weight excluding hydrogens is 318 g/mol. The van der Waals surface area contributed by atoms with Gasteiger partial charge in [-0.05, 0) is 42.5 Å². The van der Waals surface area contributed by atoms with E-state index in [1.165, 1.54) is 12.7 Å². The summed E-state index contributed by atoms with van der Waals surface area (Å²) in [6, 6.07) is 12.6. The van der Waals surface area contributed by atoms with Gasteiger partial charge in [0, 0.05) is 12.2 Å². The summed E-state index contributed by atoms with van der Waals surface area (Å²) in [7, 11) is 1.45. The first-order chi connectivity index (χ1) is 11.7. The van der Waals surface area contributed by atoms with Gasteiger partial charge < -0.3 is 9.30 Å². The van der Waals surface area contributed by atoms with Crippen LogP contribution in [0, 0.1) is 0 Å². The molecule has 0 amide bonds. The Morgan fingerprint density at radius 2 is 2.00 bits per heavy atom. The Hall–Kier alpha value is -1.94. The van der Waals surface area contributed by atoms with Crippen LogP contribution in [0.5, 0.6) is 0 Å². The summed E-state index contributed by atoms with van der Waals surface area (Å²) in [6.07, 6.45) is 4.04. The quantitative estimate of drug-likeness (QED) is 0.463. The number of nitrogens with zero attached hydrogens (tertiary/aromatic N) is 1. The largest absolute Gasteiger partial charge is 0.469 e. The van der Waals surface area contributed by atoms with Gasteiger partial charge in [-0.25, -0.2) is 0 Å². The summed E-state index contributed by atoms with van der Waals surface area (Å²) in [5.41, 5.74) is 4.45. The molecule has 1 aliphatic heterocycles. The van der Waals surface area contributed by atoms with E-state index >= 15 is 0 Å². The molecule has 0 fully saturated rings. The van der Waals surface area contributed by atoms with E-state index in [-0.39, 0.29) is 11.9 Å². The van der Waals surface area contributed by atoms with Crippen LogP contribution in [0.3, 0.4) is 0 Å². The molecule has 1 atom stereocenters. The molecule has 2 heterocycles. The zero-order valence-electron chi connectivity index (χ0n) is 14.2. The van der Waals surface area contributed by atoms with Crippen LogP contribution in [0.4, 0.5) is 0 Å². The summed E-state index contributed by atoms with van der Waals surface area (Å²) >= 11 is 5.73. The van der Waals surface area contributed by atoms with E-state index in [2.05, 4.69) is 35.8 Å². The molecule has 2 aromatic rings. The maximum absolute atomic E-state index is 12.0. The van der Waals surface area contributed by atoms with Crippen molar-refractivity contribution in [3.63, 3.8) is 0 Å². The minimum Gasteiger partial charge on any atom is -0.469 e. The van der Waals surface area contributed by atoms with Gasteiger partial charge in [-0.3, -0.25) is 4.79 Å². The highest BCUT2D eigenvalue weighted by Crippen LogP contribution is 2.31. The maximum Gasteiger partial charge on any atom is 0.314 e. The summed E-state index contributed by atoms with van der Waals surface area (Å²) in [4.78, 5) is 12.9. The van der Waals surface area contributed by atoms with Crippen molar-refractivity contribution >= 4 is 23.1 Å². The van der Waals surface area contributed by atoms with Crippen LogP contribution < -0.4 is 0 Å². The van der Waals surface area contributed by atoms with Crippen LogP contribution in [-0.2, 0) is 22.5 Å². The highest BCUT2D eigenvalue weighted by molar-refractivity contribution is 7.81. The van der Waals surface area contributed by atoms with Crippen molar-refractivity contribution in [3.8, 4) is 0 Å². The summed E-state index contributed by atoms with van der Waals surface area (Å²) in [5, 5.41) is 0. The number of methoxy groups -OCH3 is 1. The smallest absolute Gasteiger partial charge is 0.314 e. The summed E-state index contributed by atoms with van der Waals surface area (Å²) in [5.74, 6) is -0.331. The fraction of sp³-hybridized carbons (Fsp3) is 0.400.